The molecule has 1 saturated carbocycles. The van der Waals surface area contributed by atoms with E-state index in [0.29, 0.717) is 30.2 Å². The number of carbonyl (C=O) groups excluding carboxylic acids is 2. The van der Waals surface area contributed by atoms with Crippen molar-refractivity contribution >= 4 is 28.2 Å². The van der Waals surface area contributed by atoms with Gasteiger partial charge in [-0.3, -0.25) is 14.8 Å². The van der Waals surface area contributed by atoms with Gasteiger partial charge in [0.15, 0.2) is 0 Å². The molecule has 0 aromatic heterocycles. The van der Waals surface area contributed by atoms with E-state index in [0.717, 1.165) is 25.7 Å². The van der Waals surface area contributed by atoms with E-state index in [-0.39, 0.29) is 18.3 Å². The highest BCUT2D eigenvalue weighted by molar-refractivity contribution is 7.80. The Kier molecular flexibility index (Phi) is 5.49. The van der Waals surface area contributed by atoms with E-state index in [1.807, 2.05) is 0 Å². The van der Waals surface area contributed by atoms with E-state index in [2.05, 4.69) is 9.60 Å². The molecule has 2 bridgehead atoms. The lowest BCUT2D eigenvalue weighted by Crippen LogP contribution is -2.51. The Morgan fingerprint density at radius 2 is 1.92 bits per heavy atom. The molecule has 146 valence electrons. The van der Waals surface area contributed by atoms with Crippen molar-refractivity contribution in [2.75, 3.05) is 6.54 Å². The number of nitrogens with one attached hydrogen (secondary N) is 2. The number of hydrogen-bond acceptors (Lipinski definition) is 6. The van der Waals surface area contributed by atoms with Crippen LogP contribution in [0, 0.1) is 11.3 Å². The van der Waals surface area contributed by atoms with Gasteiger partial charge < -0.3 is 10.2 Å². The van der Waals surface area contributed by atoms with Gasteiger partial charge in [0.05, 0.1) is 12.1 Å². The number of hydroxylamine groups is 2. The van der Waals surface area contributed by atoms with Crippen LogP contribution >= 0.6 is 0 Å². The Morgan fingerprint density at radius 3 is 2.58 bits per heavy atom. The summed E-state index contributed by atoms with van der Waals surface area (Å²) in [6.07, 6.45) is 6.71. The van der Waals surface area contributed by atoms with Crippen molar-refractivity contribution in [3.8, 4) is 0 Å². The highest BCUT2D eigenvalue weighted by Gasteiger charge is 2.48. The van der Waals surface area contributed by atoms with E-state index in [1.165, 1.54) is 11.3 Å². The molecule has 3 fully saturated rings. The minimum Gasteiger partial charge on any atom is -0.313 e. The Hall–Kier alpha value is -1.72. The molecule has 3 N–H and O–H groups in total. The molecule has 3 amide bonds. The first-order valence-corrected chi connectivity index (χ1v) is 10.3. The first-order chi connectivity index (χ1) is 12.2. The van der Waals surface area contributed by atoms with Gasteiger partial charge in [-0.15, -0.1) is 4.28 Å². The zero-order chi connectivity index (χ0) is 18.9. The van der Waals surface area contributed by atoms with Crippen LogP contribution in [0.4, 0.5) is 4.79 Å². The molecule has 26 heavy (non-hydrogen) atoms. The summed E-state index contributed by atoms with van der Waals surface area (Å²) in [5, 5.41) is 11.4. The summed E-state index contributed by atoms with van der Waals surface area (Å²) in [5.74, 6) is 0.0624. The summed E-state index contributed by atoms with van der Waals surface area (Å²) < 4.78 is 34.9. The number of amides is 3. The lowest BCUT2D eigenvalue weighted by Gasteiger charge is -2.31. The lowest BCUT2D eigenvalue weighted by atomic mass is 9.87. The first-order valence-electron chi connectivity index (χ1n) is 8.89. The van der Waals surface area contributed by atoms with Crippen molar-refractivity contribution in [2.45, 2.75) is 63.5 Å². The van der Waals surface area contributed by atoms with Crippen LogP contribution in [-0.2, 0) is 19.5 Å². The molecular weight excluding hydrogens is 364 g/mol. The Morgan fingerprint density at radius 1 is 1.23 bits per heavy atom. The number of hydrogen-bond donors (Lipinski definition) is 3. The number of piperidine rings is 1. The summed E-state index contributed by atoms with van der Waals surface area (Å²) in [7, 11) is -4.80. The lowest BCUT2D eigenvalue weighted by molar-refractivity contribution is -0.120. The van der Waals surface area contributed by atoms with E-state index < -0.39 is 28.5 Å². The van der Waals surface area contributed by atoms with Gasteiger partial charge in [0.25, 0.3) is 0 Å². The molecule has 3 rings (SSSR count). The zero-order valence-electron chi connectivity index (χ0n) is 14.4. The SMILES string of the molecule is N=C(NC(=O)CC1CCCCC1)[C@@H]1CC[C@@H]2CN1C(=O)N2OS(=O)(=O)O. The van der Waals surface area contributed by atoms with Gasteiger partial charge in [-0.05, 0) is 31.6 Å². The summed E-state index contributed by atoms with van der Waals surface area (Å²) in [5.41, 5.74) is 0. The van der Waals surface area contributed by atoms with Gasteiger partial charge >= 0.3 is 16.4 Å². The van der Waals surface area contributed by atoms with Crippen LogP contribution in [0.1, 0.15) is 51.4 Å². The molecule has 11 heteroatoms. The normalized spacial score (nSPS) is 26.9. The fourth-order valence-corrected chi connectivity index (χ4v) is 4.46. The van der Waals surface area contributed by atoms with Crippen molar-refractivity contribution in [2.24, 2.45) is 5.92 Å². The van der Waals surface area contributed by atoms with Crippen molar-refractivity contribution in [3.05, 3.63) is 0 Å². The molecular formula is C15H24N4O6S. The number of carbonyl (C=O) groups is 2. The molecule has 2 aliphatic heterocycles. The van der Waals surface area contributed by atoms with E-state index >= 15 is 0 Å². The second-order valence-electron chi connectivity index (χ2n) is 7.18. The van der Waals surface area contributed by atoms with Gasteiger partial charge in [-0.25, -0.2) is 4.79 Å². The standard InChI is InChI=1S/C15H24N4O6S/c16-14(17-13(20)8-10-4-2-1-3-5-10)12-7-6-11-9-18(12)15(21)19(11)25-26(22,23)24/h10-12H,1-9H2,(H2,16,17,20)(H,22,23,24)/t11-,12+/m1/s1. The summed E-state index contributed by atoms with van der Waals surface area (Å²) in [4.78, 5) is 25.8. The Bertz CT molecular complexity index is 690. The number of amidine groups is 1. The molecule has 10 nitrogen and oxygen atoms in total. The molecule has 0 spiro atoms. The van der Waals surface area contributed by atoms with Crippen LogP contribution in [0.3, 0.4) is 0 Å². The van der Waals surface area contributed by atoms with Crippen LogP contribution in [0.15, 0.2) is 0 Å². The van der Waals surface area contributed by atoms with Crippen molar-refractivity contribution in [1.82, 2.24) is 15.3 Å². The average molecular weight is 388 g/mol. The quantitative estimate of drug-likeness (QED) is 0.365. The Balaban J connectivity index is 1.57. The molecule has 0 unspecified atom stereocenters. The maximum Gasteiger partial charge on any atom is 0.418 e. The summed E-state index contributed by atoms with van der Waals surface area (Å²) in [6.45, 7) is 0.180. The smallest absolute Gasteiger partial charge is 0.313 e. The van der Waals surface area contributed by atoms with Gasteiger partial charge in [0.2, 0.25) is 5.91 Å². The monoisotopic (exact) mass is 388 g/mol. The molecule has 0 aromatic rings. The minimum atomic E-state index is -4.80. The number of fused-ring (bicyclic) bond motifs is 2. The van der Waals surface area contributed by atoms with Gasteiger partial charge in [0.1, 0.15) is 5.84 Å². The van der Waals surface area contributed by atoms with Gasteiger partial charge in [0, 0.05) is 13.0 Å². The van der Waals surface area contributed by atoms with Crippen molar-refractivity contribution in [3.63, 3.8) is 0 Å². The van der Waals surface area contributed by atoms with Crippen LogP contribution in [0.2, 0.25) is 0 Å². The maximum absolute atomic E-state index is 12.3. The van der Waals surface area contributed by atoms with Gasteiger partial charge in [-0.1, -0.05) is 19.3 Å². The topological polar surface area (TPSA) is 140 Å². The van der Waals surface area contributed by atoms with Crippen LogP contribution < -0.4 is 5.32 Å². The predicted octanol–water partition coefficient (Wildman–Crippen LogP) is 1.05. The maximum atomic E-state index is 12.3. The summed E-state index contributed by atoms with van der Waals surface area (Å²) in [6, 6.07) is -1.88. The van der Waals surface area contributed by atoms with Gasteiger partial charge in [-0.2, -0.15) is 13.5 Å². The molecule has 3 aliphatic rings. The van der Waals surface area contributed by atoms with Crippen LogP contribution in [0.5, 0.6) is 0 Å². The third-order valence-electron chi connectivity index (χ3n) is 5.30. The second-order valence-corrected chi connectivity index (χ2v) is 8.18. The molecule has 2 atom stereocenters. The molecule has 0 aromatic carbocycles. The predicted molar refractivity (Wildman–Crippen MR) is 90.4 cm³/mol. The minimum absolute atomic E-state index is 0.0636. The van der Waals surface area contributed by atoms with E-state index in [9.17, 15) is 18.0 Å². The van der Waals surface area contributed by atoms with Crippen molar-refractivity contribution < 1.29 is 26.8 Å². The average Bonchev–Trinajstić information content (AvgIpc) is 2.79. The molecule has 0 radical (unpaired) electrons. The summed E-state index contributed by atoms with van der Waals surface area (Å²) >= 11 is 0. The van der Waals surface area contributed by atoms with E-state index in [4.69, 9.17) is 9.96 Å². The number of urea groups is 1. The highest BCUT2D eigenvalue weighted by atomic mass is 32.3. The number of nitrogens with zero attached hydrogens (tertiary/aromatic N) is 2. The number of rotatable bonds is 5. The highest BCUT2D eigenvalue weighted by Crippen LogP contribution is 2.31. The van der Waals surface area contributed by atoms with Crippen LogP contribution in [-0.4, -0.2) is 59.3 Å². The largest absolute Gasteiger partial charge is 0.418 e. The van der Waals surface area contributed by atoms with E-state index in [1.54, 1.807) is 0 Å². The molecule has 2 heterocycles. The van der Waals surface area contributed by atoms with Crippen molar-refractivity contribution in [1.29, 1.82) is 5.41 Å². The second kappa shape index (κ2) is 7.49. The van der Waals surface area contributed by atoms with Crippen LogP contribution in [0.25, 0.3) is 0 Å². The molecule has 2 saturated heterocycles. The third-order valence-corrected chi connectivity index (χ3v) is 5.65. The Labute approximate surface area is 152 Å². The fraction of sp³-hybridized carbons (Fsp3) is 0.800. The fourth-order valence-electron chi connectivity index (χ4n) is 4.07. The zero-order valence-corrected chi connectivity index (χ0v) is 15.2. The first kappa shape index (κ1) is 19.1. The molecule has 1 aliphatic carbocycles. The third kappa shape index (κ3) is 4.33.